The molecule has 1 aliphatic rings. The zero-order chi connectivity index (χ0) is 14.3. The molecule has 1 aromatic carbocycles. The van der Waals surface area contributed by atoms with Crippen LogP contribution in [0.4, 0.5) is 0 Å². The maximum atomic E-state index is 11.7. The minimum atomic E-state index is -0.599. The first-order valence-corrected chi connectivity index (χ1v) is 6.89. The smallest absolute Gasteiger partial charge is 0.219 e. The number of para-hydroxylation sites is 1. The molecule has 1 atom stereocenters. The van der Waals surface area contributed by atoms with Gasteiger partial charge in [-0.1, -0.05) is 18.2 Å². The van der Waals surface area contributed by atoms with Crippen LogP contribution in [-0.4, -0.2) is 27.4 Å². The first-order valence-electron chi connectivity index (χ1n) is 6.89. The van der Waals surface area contributed by atoms with E-state index >= 15 is 0 Å². The zero-order valence-electron chi connectivity index (χ0n) is 12.2. The lowest BCUT2D eigenvalue weighted by Gasteiger charge is -2.20. The molecule has 2 aromatic rings. The topological polar surface area (TPSA) is 53.4 Å². The number of carbonyl (C=O) groups excluding carboxylic acids is 1. The van der Waals surface area contributed by atoms with Crippen LogP contribution in [0.5, 0.6) is 0 Å². The van der Waals surface area contributed by atoms with Crippen molar-refractivity contribution in [3.8, 4) is 0 Å². The lowest BCUT2D eigenvalue weighted by molar-refractivity contribution is -0.129. The Morgan fingerprint density at radius 3 is 2.81 bits per heavy atom. The predicted octanol–water partition coefficient (Wildman–Crippen LogP) is 2.75. The third-order valence-corrected chi connectivity index (χ3v) is 4.09. The number of halogens is 1. The highest BCUT2D eigenvalue weighted by molar-refractivity contribution is 5.85. The highest BCUT2D eigenvalue weighted by atomic mass is 35.5. The van der Waals surface area contributed by atoms with Crippen LogP contribution in [0.3, 0.4) is 0 Å². The van der Waals surface area contributed by atoms with E-state index in [2.05, 4.69) is 4.98 Å². The minimum absolute atomic E-state index is 0. The molecule has 1 amide bonds. The van der Waals surface area contributed by atoms with Crippen molar-refractivity contribution < 1.29 is 9.90 Å². The van der Waals surface area contributed by atoms with Crippen molar-refractivity contribution in [1.82, 2.24) is 9.88 Å². The summed E-state index contributed by atoms with van der Waals surface area (Å²) in [5.74, 6) is 0.0395. The van der Waals surface area contributed by atoms with Gasteiger partial charge in [0.25, 0.3) is 0 Å². The third-order valence-electron chi connectivity index (χ3n) is 4.09. The van der Waals surface area contributed by atoms with Crippen molar-refractivity contribution in [1.29, 1.82) is 0 Å². The Bertz CT molecular complexity index is 687. The van der Waals surface area contributed by atoms with Crippen LogP contribution >= 0.6 is 12.4 Å². The Hall–Kier alpha value is -1.65. The zero-order valence-corrected chi connectivity index (χ0v) is 13.0. The van der Waals surface area contributed by atoms with Crippen molar-refractivity contribution in [2.75, 3.05) is 6.54 Å². The van der Waals surface area contributed by atoms with Crippen LogP contribution in [0, 0.1) is 6.92 Å². The number of hydrogen-bond acceptors (Lipinski definition) is 3. The Balaban J connectivity index is 0.00000161. The predicted molar refractivity (Wildman–Crippen MR) is 84.4 cm³/mol. The van der Waals surface area contributed by atoms with Gasteiger partial charge in [-0.25, -0.2) is 4.98 Å². The lowest BCUT2D eigenvalue weighted by Crippen LogP contribution is -2.28. The Morgan fingerprint density at radius 1 is 1.38 bits per heavy atom. The molecule has 4 nitrogen and oxygen atoms in total. The number of aryl methyl sites for hydroxylation is 1. The van der Waals surface area contributed by atoms with Crippen LogP contribution in [0.1, 0.15) is 36.3 Å². The fourth-order valence-corrected chi connectivity index (χ4v) is 2.87. The van der Waals surface area contributed by atoms with Crippen molar-refractivity contribution in [2.45, 2.75) is 32.9 Å². The van der Waals surface area contributed by atoms with Gasteiger partial charge in [0.15, 0.2) is 0 Å². The number of rotatable bonds is 0. The Labute approximate surface area is 130 Å². The van der Waals surface area contributed by atoms with E-state index in [9.17, 15) is 9.90 Å². The summed E-state index contributed by atoms with van der Waals surface area (Å²) in [5, 5.41) is 11.4. The average Bonchev–Trinajstić information content (AvgIpc) is 2.60. The molecule has 1 unspecified atom stereocenters. The van der Waals surface area contributed by atoms with E-state index in [1.54, 1.807) is 11.8 Å². The standard InChI is InChI=1S/C16H18N2O2.ClH/c1-10-12-5-3-4-6-14(12)17-16-13(10)9-18(11(2)19)8-7-15(16)20;/h3-6,15,20H,7-9H2,1-2H3;1H. The van der Waals surface area contributed by atoms with Crippen LogP contribution in [0.2, 0.25) is 0 Å². The number of nitrogens with zero attached hydrogens (tertiary/aromatic N) is 2. The van der Waals surface area contributed by atoms with Gasteiger partial charge in [-0.15, -0.1) is 12.4 Å². The molecule has 3 rings (SSSR count). The summed E-state index contributed by atoms with van der Waals surface area (Å²) in [4.78, 5) is 18.1. The first-order chi connectivity index (χ1) is 9.58. The van der Waals surface area contributed by atoms with Gasteiger partial charge >= 0.3 is 0 Å². The quantitative estimate of drug-likeness (QED) is 0.814. The van der Waals surface area contributed by atoms with Gasteiger partial charge in [-0.2, -0.15) is 0 Å². The van der Waals surface area contributed by atoms with Crippen molar-refractivity contribution >= 4 is 29.2 Å². The number of carbonyl (C=O) groups is 1. The molecule has 1 N–H and O–H groups in total. The number of hydrogen-bond donors (Lipinski definition) is 1. The molecule has 0 aliphatic carbocycles. The van der Waals surface area contributed by atoms with Crippen molar-refractivity contribution in [3.63, 3.8) is 0 Å². The van der Waals surface area contributed by atoms with E-state index in [1.807, 2.05) is 31.2 Å². The number of benzene rings is 1. The molecule has 1 aliphatic heterocycles. The number of aliphatic hydroxyl groups is 1. The fourth-order valence-electron chi connectivity index (χ4n) is 2.87. The molecule has 5 heteroatoms. The van der Waals surface area contributed by atoms with E-state index in [0.717, 1.165) is 27.7 Å². The molecule has 112 valence electrons. The van der Waals surface area contributed by atoms with Crippen molar-refractivity contribution in [3.05, 3.63) is 41.1 Å². The molecule has 0 fully saturated rings. The second-order valence-electron chi connectivity index (χ2n) is 5.36. The molecule has 0 saturated carbocycles. The van der Waals surface area contributed by atoms with Gasteiger partial charge in [-0.3, -0.25) is 4.79 Å². The Morgan fingerprint density at radius 2 is 2.10 bits per heavy atom. The SMILES string of the molecule is CC(=O)N1CCC(O)c2nc3ccccc3c(C)c2C1.Cl. The van der Waals surface area contributed by atoms with E-state index in [4.69, 9.17) is 0 Å². The van der Waals surface area contributed by atoms with Gasteiger partial charge in [-0.05, 0) is 30.5 Å². The largest absolute Gasteiger partial charge is 0.387 e. The normalized spacial score (nSPS) is 17.9. The van der Waals surface area contributed by atoms with Gasteiger partial charge in [0.2, 0.25) is 5.91 Å². The monoisotopic (exact) mass is 306 g/mol. The number of pyridine rings is 1. The Kier molecular flexibility index (Phi) is 4.49. The van der Waals surface area contributed by atoms with Crippen LogP contribution in [0.15, 0.2) is 24.3 Å². The van der Waals surface area contributed by atoms with Gasteiger partial charge in [0, 0.05) is 25.4 Å². The summed E-state index contributed by atoms with van der Waals surface area (Å²) in [6.07, 6.45) is -0.0603. The van der Waals surface area contributed by atoms with Gasteiger partial charge in [0.1, 0.15) is 0 Å². The second kappa shape index (κ2) is 6.00. The minimum Gasteiger partial charge on any atom is -0.387 e. The summed E-state index contributed by atoms with van der Waals surface area (Å²) in [6, 6.07) is 7.93. The molecule has 0 saturated heterocycles. The number of aromatic nitrogens is 1. The number of aliphatic hydroxyl groups excluding tert-OH is 1. The maximum absolute atomic E-state index is 11.7. The van der Waals surface area contributed by atoms with E-state index in [1.165, 1.54) is 0 Å². The summed E-state index contributed by atoms with van der Waals surface area (Å²) >= 11 is 0. The molecule has 0 spiro atoms. The fraction of sp³-hybridized carbons (Fsp3) is 0.375. The highest BCUT2D eigenvalue weighted by Gasteiger charge is 2.25. The molecule has 0 radical (unpaired) electrons. The van der Waals surface area contributed by atoms with E-state index < -0.39 is 6.10 Å². The van der Waals surface area contributed by atoms with Crippen LogP contribution in [0.25, 0.3) is 10.9 Å². The summed E-state index contributed by atoms with van der Waals surface area (Å²) in [6.45, 7) is 4.72. The lowest BCUT2D eigenvalue weighted by atomic mass is 9.99. The molecule has 0 bridgehead atoms. The van der Waals surface area contributed by atoms with Crippen LogP contribution in [-0.2, 0) is 11.3 Å². The van der Waals surface area contributed by atoms with E-state index in [0.29, 0.717) is 19.5 Å². The molecular formula is C16H19ClN2O2. The second-order valence-corrected chi connectivity index (χ2v) is 5.36. The highest BCUT2D eigenvalue weighted by Crippen LogP contribution is 2.31. The average molecular weight is 307 g/mol. The molecule has 1 aromatic heterocycles. The number of fused-ring (bicyclic) bond motifs is 2. The van der Waals surface area contributed by atoms with Gasteiger partial charge in [0.05, 0.1) is 17.3 Å². The van der Waals surface area contributed by atoms with Crippen molar-refractivity contribution in [2.24, 2.45) is 0 Å². The summed E-state index contributed by atoms with van der Waals surface area (Å²) in [7, 11) is 0. The molecular weight excluding hydrogens is 288 g/mol. The van der Waals surface area contributed by atoms with E-state index in [-0.39, 0.29) is 18.3 Å². The summed E-state index contributed by atoms with van der Waals surface area (Å²) in [5.41, 5.74) is 3.73. The summed E-state index contributed by atoms with van der Waals surface area (Å²) < 4.78 is 0. The first kappa shape index (κ1) is 15.7. The number of amides is 1. The third kappa shape index (κ3) is 2.74. The maximum Gasteiger partial charge on any atom is 0.219 e. The van der Waals surface area contributed by atoms with Gasteiger partial charge < -0.3 is 10.0 Å². The molecule has 2 heterocycles. The van der Waals surface area contributed by atoms with Crippen LogP contribution < -0.4 is 0 Å². The molecule has 21 heavy (non-hydrogen) atoms.